The zero-order valence-corrected chi connectivity index (χ0v) is 78.9. The van der Waals surface area contributed by atoms with E-state index in [4.69, 9.17) is 18.9 Å². The largest absolute Gasteiger partial charge is 0.640 e. The van der Waals surface area contributed by atoms with Crippen molar-refractivity contribution in [3.05, 3.63) is 7.11 Å². The number of halogens is 19. The molecule has 4 rings (SSSR count). The number of ether oxygens (including phenoxy) is 5. The van der Waals surface area contributed by atoms with E-state index in [0.717, 1.165) is 99.8 Å². The quantitative estimate of drug-likeness (QED) is 0.0403. The third-order valence-electron chi connectivity index (χ3n) is 25.7. The van der Waals surface area contributed by atoms with Crippen LogP contribution in [0, 0.1) is 95.8 Å². The molecular weight excluding hydrogens is 1740 g/mol. The molecule has 0 spiro atoms. The van der Waals surface area contributed by atoms with Crippen LogP contribution in [0.3, 0.4) is 0 Å². The average Bonchev–Trinajstić information content (AvgIpc) is 1.51. The molecule has 0 radical (unpaired) electrons. The maximum atomic E-state index is 14.3. The van der Waals surface area contributed by atoms with Gasteiger partial charge in [-0.25, -0.2) is 4.39 Å². The van der Waals surface area contributed by atoms with Gasteiger partial charge in [-0.05, 0) is 213 Å². The number of rotatable bonds is 24. The molecule has 0 amide bonds. The summed E-state index contributed by atoms with van der Waals surface area (Å²) in [5.74, 6) is -1.10. The van der Waals surface area contributed by atoms with E-state index in [0.29, 0.717) is 31.6 Å². The van der Waals surface area contributed by atoms with Crippen LogP contribution in [-0.2, 0) is 42.9 Å². The zero-order valence-electron chi connectivity index (χ0n) is 72.5. The zero-order chi connectivity index (χ0) is 88.0. The van der Waals surface area contributed by atoms with E-state index < -0.39 is 110 Å². The molecule has 9 nitrogen and oxygen atoms in total. The van der Waals surface area contributed by atoms with Crippen molar-refractivity contribution in [2.24, 2.45) is 88.7 Å². The molecule has 29 heteroatoms. The standard InChI is InChI=1S/C17H31F3O.C17H26O4.C14H22F6O2.C13H22F6.C13H24F4.C7H13O2.Rf/c1-8-13(2,3)9-10-15(6)11-14(4,5)21-16(7,12-15)17(18,19)20;1-6-16(2,3)8-10-9-7-11-13(10)21-15(19)17(11,4)12(9)14(18)20-5;1-7-10(2,3)9(21)22-11(4,5)8-12(6,13(15,16)17)14(18,19)20;1-7-9(2,3)8-10(4,5)11(6,12(14,15)16)13(17,18)19;1-7-10(2,3)8-9-12(6,14)11(4,5)13(15,16)17;1-5-7(2,3)6(8)9-4;/h8-12H2,1-7H3;9-13H,6-8H2,1-5H3;7-8H2,1-6H3;7-8H2,1-6H3;7-9H2,1-6H3;4-5H2,1-3H3;/q;;;;;-1;. The van der Waals surface area contributed by atoms with Crippen molar-refractivity contribution in [3.8, 4) is 0 Å². The minimum atomic E-state index is -5.50. The van der Waals surface area contributed by atoms with Gasteiger partial charge in [0.1, 0.15) is 17.4 Å². The summed E-state index contributed by atoms with van der Waals surface area (Å²) in [5.41, 5.74) is -21.5. The summed E-state index contributed by atoms with van der Waals surface area (Å²) in [5, 5.41) is 0. The number of carbonyl (C=O) groups is 4. The Labute approximate surface area is 640 Å². The van der Waals surface area contributed by atoms with Gasteiger partial charge in [0, 0.05) is 18.3 Å². The van der Waals surface area contributed by atoms with E-state index >= 15 is 0 Å². The van der Waals surface area contributed by atoms with E-state index in [2.05, 4.69) is 53.4 Å². The summed E-state index contributed by atoms with van der Waals surface area (Å²) >= 11 is 0. The number of carbonyl (C=O) groups excluding carboxylic acids is 4. The van der Waals surface area contributed by atoms with Crippen molar-refractivity contribution in [2.45, 2.75) is 390 Å². The fourth-order valence-electron chi connectivity index (χ4n) is 14.7. The molecule has 110 heavy (non-hydrogen) atoms. The second-order valence-electron chi connectivity index (χ2n) is 39.4. The maximum absolute atomic E-state index is 14.3. The minimum Gasteiger partial charge on any atom is -0.640 e. The minimum absolute atomic E-state index is 0. The first-order valence-electron chi connectivity index (χ1n) is 37.9. The van der Waals surface area contributed by atoms with Gasteiger partial charge in [0.05, 0.1) is 40.3 Å². The number of methoxy groups -OCH3 is 1. The average molecular weight is 1880 g/mol. The van der Waals surface area contributed by atoms with Crippen molar-refractivity contribution in [1.29, 1.82) is 0 Å². The molecule has 4 aliphatic rings. The van der Waals surface area contributed by atoms with Gasteiger partial charge < -0.3 is 23.7 Å². The number of hydrogen-bond donors (Lipinski definition) is 0. The van der Waals surface area contributed by atoms with Crippen LogP contribution in [-0.4, -0.2) is 96.6 Å². The van der Waals surface area contributed by atoms with Gasteiger partial charge in [0.2, 0.25) is 0 Å². The van der Waals surface area contributed by atoms with Crippen molar-refractivity contribution in [2.75, 3.05) is 7.11 Å². The van der Waals surface area contributed by atoms with Gasteiger partial charge in [0.15, 0.2) is 16.4 Å². The molecule has 2 bridgehead atoms. The van der Waals surface area contributed by atoms with Crippen LogP contribution in [0.2, 0.25) is 0 Å². The Hall–Kier alpha value is -4.49. The summed E-state index contributed by atoms with van der Waals surface area (Å²) < 4.78 is 274. The number of fused-ring (bicyclic) bond motifs is 1. The Morgan fingerprint density at radius 1 is 0.509 bits per heavy atom. The van der Waals surface area contributed by atoms with Gasteiger partial charge in [-0.2, -0.15) is 86.1 Å². The monoisotopic (exact) mass is 1880 g/mol. The Morgan fingerprint density at radius 2 is 0.909 bits per heavy atom. The first-order valence-corrected chi connectivity index (χ1v) is 37.9. The molecule has 9 atom stereocenters. The smallest absolute Gasteiger partial charge is 0.417 e. The van der Waals surface area contributed by atoms with Gasteiger partial charge in [-0.3, -0.25) is 19.2 Å². The molecule has 2 aliphatic carbocycles. The maximum Gasteiger partial charge on any atom is 0.417 e. The Morgan fingerprint density at radius 3 is 1.25 bits per heavy atom. The number of alkyl halides is 19. The summed E-state index contributed by atoms with van der Waals surface area (Å²) in [6, 6.07) is 0. The molecule has 0 N–H and O–H groups in total. The summed E-state index contributed by atoms with van der Waals surface area (Å²) in [4.78, 5) is 47.4. The first kappa shape index (κ1) is 110. The van der Waals surface area contributed by atoms with E-state index in [1.165, 1.54) is 27.9 Å². The molecule has 0 aromatic rings. The molecular formula is C81H138F19O9Rf-. The second-order valence-corrected chi connectivity index (χ2v) is 39.4. The van der Waals surface area contributed by atoms with Crippen LogP contribution in [0.25, 0.3) is 0 Å². The summed E-state index contributed by atoms with van der Waals surface area (Å²) in [7, 11) is 4.47. The Kier molecular flexibility index (Phi) is 36.2. The van der Waals surface area contributed by atoms with Gasteiger partial charge in [-0.1, -0.05) is 143 Å². The van der Waals surface area contributed by atoms with Gasteiger partial charge in [0.25, 0.3) is 5.97 Å². The van der Waals surface area contributed by atoms with E-state index in [9.17, 15) is 103 Å². The summed E-state index contributed by atoms with van der Waals surface area (Å²) in [6.07, 6.45) is -22.7. The summed E-state index contributed by atoms with van der Waals surface area (Å²) in [6.45, 7) is 50.6. The predicted octanol–water partition coefficient (Wildman–Crippen LogP) is 27.4. The van der Waals surface area contributed by atoms with Crippen molar-refractivity contribution >= 4 is 23.9 Å². The van der Waals surface area contributed by atoms with Crippen LogP contribution in [0.5, 0.6) is 0 Å². The molecule has 0 aromatic heterocycles. The SMILES string of the molecule is CCC(C)(C)C(=O)OC(C)(C)CC(C)(C(F)(F)F)C(F)(F)F.CCC(C)(C)CC(C)(C)C(C)(C(F)(F)F)C(F)(F)F.CCC(C)(C)CC1C2CC3C1OC(=O)C3(C)C2C(=O)OC.CCC(C)(C)CCC(C)(F)C(C)(C)C(F)(F)F.CCC(C)(C)CCC1(C)CC(C)(C)OC(C)(C(F)(F)F)C1.[CH2-]OC(=O)C(C)(C)CC.[Rf]. The topological polar surface area (TPSA) is 114 Å². The van der Waals surface area contributed by atoms with Crippen LogP contribution in [0.4, 0.5) is 83.4 Å². The van der Waals surface area contributed by atoms with Gasteiger partial charge >= 0.3 is 55.0 Å². The van der Waals surface area contributed by atoms with Crippen LogP contribution in [0.15, 0.2) is 0 Å². The second kappa shape index (κ2) is 36.4. The van der Waals surface area contributed by atoms with Gasteiger partial charge in [-0.15, -0.1) is 0 Å². The van der Waals surface area contributed by atoms with Crippen molar-refractivity contribution < 1.29 is 126 Å². The fraction of sp³-hybridized carbons (Fsp3) is 0.938. The Bertz CT molecular complexity index is 2890. The molecule has 2 saturated carbocycles. The molecule has 2 aliphatic heterocycles. The third-order valence-corrected chi connectivity index (χ3v) is 25.7. The van der Waals surface area contributed by atoms with Crippen LogP contribution < -0.4 is 0 Å². The van der Waals surface area contributed by atoms with E-state index in [-0.39, 0.29) is 102 Å². The fourth-order valence-corrected chi connectivity index (χ4v) is 14.7. The predicted molar refractivity (Wildman–Crippen MR) is 387 cm³/mol. The van der Waals surface area contributed by atoms with E-state index in [1.54, 1.807) is 41.5 Å². The third kappa shape index (κ3) is 26.8. The number of hydrogen-bond acceptors (Lipinski definition) is 9. The van der Waals surface area contributed by atoms with Crippen molar-refractivity contribution in [1.82, 2.24) is 0 Å². The molecule has 4 fully saturated rings. The molecule has 2 heterocycles. The van der Waals surface area contributed by atoms with Crippen LogP contribution >= 0.6 is 0 Å². The van der Waals surface area contributed by atoms with E-state index in [1.807, 2.05) is 55.4 Å². The molecule has 652 valence electrons. The molecule has 9 unspecified atom stereocenters. The van der Waals surface area contributed by atoms with Crippen LogP contribution in [0.1, 0.15) is 324 Å². The van der Waals surface area contributed by atoms with Crippen molar-refractivity contribution in [3.63, 3.8) is 0 Å². The normalized spacial score (nSPS) is 24.3. The number of esters is 4. The Balaban J connectivity index is -0.00000126. The first-order chi connectivity index (χ1) is 47.6. The molecule has 0 aromatic carbocycles. The molecule has 2 saturated heterocycles.